The van der Waals surface area contributed by atoms with Crippen LogP contribution in [-0.2, 0) is 22.6 Å². The molecule has 8 nitrogen and oxygen atoms in total. The maximum absolute atomic E-state index is 14.1. The van der Waals surface area contributed by atoms with Crippen molar-refractivity contribution < 1.29 is 14.0 Å². The maximum atomic E-state index is 14.1. The number of furan rings is 1. The topological polar surface area (TPSA) is 93.3 Å². The Hall–Kier alpha value is -3.94. The van der Waals surface area contributed by atoms with E-state index in [0.717, 1.165) is 17.5 Å². The van der Waals surface area contributed by atoms with Gasteiger partial charge in [0.2, 0.25) is 5.91 Å². The zero-order valence-corrected chi connectivity index (χ0v) is 21.5. The number of hydrogen-bond acceptors (Lipinski definition) is 5. The fourth-order valence-corrected chi connectivity index (χ4v) is 4.17. The summed E-state index contributed by atoms with van der Waals surface area (Å²) in [6, 6.07) is 17.7. The predicted octanol–water partition coefficient (Wildman–Crippen LogP) is 4.97. The number of carbonyl (C=O) groups is 2. The molecule has 8 heteroatoms. The number of amides is 2. The normalized spacial score (nSPS) is 12.5. The summed E-state index contributed by atoms with van der Waals surface area (Å²) in [7, 11) is 0. The highest BCUT2D eigenvalue weighted by Gasteiger charge is 2.38. The van der Waals surface area contributed by atoms with Gasteiger partial charge in [0.15, 0.2) is 6.04 Å². The lowest BCUT2D eigenvalue weighted by molar-refractivity contribution is -0.128. The number of anilines is 1. The minimum Gasteiger partial charge on any atom is -0.464 e. The van der Waals surface area contributed by atoms with Gasteiger partial charge in [-0.3, -0.25) is 14.5 Å². The third kappa shape index (κ3) is 5.17. The Bertz CT molecular complexity index is 1370. The first kappa shape index (κ1) is 25.2. The van der Waals surface area contributed by atoms with Gasteiger partial charge >= 0.3 is 0 Å². The lowest BCUT2D eigenvalue weighted by Gasteiger charge is -2.34. The van der Waals surface area contributed by atoms with E-state index in [1.165, 1.54) is 0 Å². The van der Waals surface area contributed by atoms with Gasteiger partial charge < -0.3 is 9.73 Å². The Kier molecular flexibility index (Phi) is 7.24. The quantitative estimate of drug-likeness (QED) is 0.360. The Morgan fingerprint density at radius 2 is 1.78 bits per heavy atom. The smallest absolute Gasteiger partial charge is 0.251 e. The molecule has 1 atom stereocenters. The summed E-state index contributed by atoms with van der Waals surface area (Å²) in [5.41, 5.74) is 2.60. The van der Waals surface area contributed by atoms with Crippen LogP contribution in [0.15, 0.2) is 65.1 Å². The van der Waals surface area contributed by atoms with Gasteiger partial charge in [-0.1, -0.05) is 49.4 Å². The van der Waals surface area contributed by atoms with Crippen molar-refractivity contribution in [2.45, 2.75) is 65.6 Å². The van der Waals surface area contributed by atoms with Crippen molar-refractivity contribution in [2.24, 2.45) is 0 Å². The van der Waals surface area contributed by atoms with Crippen LogP contribution in [0.25, 0.3) is 11.0 Å². The average Bonchev–Trinajstić information content (AvgIpc) is 3.48. The molecule has 0 fully saturated rings. The molecule has 188 valence electrons. The molecule has 0 spiro atoms. The van der Waals surface area contributed by atoms with Crippen LogP contribution in [0.1, 0.15) is 57.2 Å². The molecule has 2 amide bonds. The molecule has 0 bridgehead atoms. The molecular formula is C28H33N5O3. The molecular weight excluding hydrogens is 454 g/mol. The monoisotopic (exact) mass is 487 g/mol. The van der Waals surface area contributed by atoms with Crippen LogP contribution in [0, 0.1) is 6.92 Å². The van der Waals surface area contributed by atoms with Gasteiger partial charge in [-0.2, -0.15) is 0 Å². The van der Waals surface area contributed by atoms with Gasteiger partial charge in [0.25, 0.3) is 5.91 Å². The van der Waals surface area contributed by atoms with Crippen LogP contribution >= 0.6 is 0 Å². The van der Waals surface area contributed by atoms with Crippen LogP contribution in [-0.4, -0.2) is 32.3 Å². The summed E-state index contributed by atoms with van der Waals surface area (Å²) in [6.45, 7) is 9.70. The van der Waals surface area contributed by atoms with E-state index in [4.69, 9.17) is 4.42 Å². The van der Waals surface area contributed by atoms with Gasteiger partial charge in [0, 0.05) is 11.2 Å². The lowest BCUT2D eigenvalue weighted by atomic mass is 10.00. The van der Waals surface area contributed by atoms with Crippen LogP contribution < -0.4 is 10.2 Å². The molecule has 36 heavy (non-hydrogen) atoms. The first-order valence-electron chi connectivity index (χ1n) is 12.3. The highest BCUT2D eigenvalue weighted by Crippen LogP contribution is 2.33. The predicted molar refractivity (Wildman–Crippen MR) is 140 cm³/mol. The number of aromatic nitrogens is 3. The van der Waals surface area contributed by atoms with E-state index in [2.05, 4.69) is 15.6 Å². The number of rotatable bonds is 9. The van der Waals surface area contributed by atoms with E-state index in [9.17, 15) is 9.59 Å². The number of nitrogens with zero attached hydrogens (tertiary/aromatic N) is 4. The van der Waals surface area contributed by atoms with E-state index in [1.807, 2.05) is 83.1 Å². The van der Waals surface area contributed by atoms with Crippen molar-refractivity contribution >= 4 is 28.5 Å². The summed E-state index contributed by atoms with van der Waals surface area (Å²) < 4.78 is 7.52. The molecule has 2 aromatic carbocycles. The van der Waals surface area contributed by atoms with Crippen LogP contribution in [0.3, 0.4) is 0 Å². The zero-order valence-electron chi connectivity index (χ0n) is 21.5. The fraction of sp³-hybridized carbons (Fsp3) is 0.357. The maximum Gasteiger partial charge on any atom is 0.251 e. The third-order valence-corrected chi connectivity index (χ3v) is 6.49. The number of nitrogens with one attached hydrogen (secondary N) is 1. The molecule has 0 radical (unpaired) electrons. The lowest BCUT2D eigenvalue weighted by Crippen LogP contribution is -2.51. The Morgan fingerprint density at radius 3 is 2.47 bits per heavy atom. The molecule has 4 rings (SSSR count). The van der Waals surface area contributed by atoms with Gasteiger partial charge in [-0.15, -0.1) is 5.10 Å². The highest BCUT2D eigenvalue weighted by atomic mass is 16.3. The van der Waals surface area contributed by atoms with Gasteiger partial charge in [0.05, 0.1) is 5.52 Å². The third-order valence-electron chi connectivity index (χ3n) is 6.49. The van der Waals surface area contributed by atoms with Crippen molar-refractivity contribution in [3.05, 3.63) is 77.7 Å². The second-order valence-corrected chi connectivity index (χ2v) is 9.56. The number of fused-ring (bicyclic) bond motifs is 1. The highest BCUT2D eigenvalue weighted by molar-refractivity contribution is 6.02. The molecule has 1 N–H and O–H groups in total. The summed E-state index contributed by atoms with van der Waals surface area (Å²) in [6.07, 6.45) is 1.42. The van der Waals surface area contributed by atoms with Crippen molar-refractivity contribution in [3.8, 4) is 0 Å². The Balaban J connectivity index is 1.84. The first-order valence-corrected chi connectivity index (χ1v) is 12.3. The van der Waals surface area contributed by atoms with Crippen molar-refractivity contribution in [1.82, 2.24) is 20.3 Å². The van der Waals surface area contributed by atoms with Gasteiger partial charge in [-0.05, 0) is 69.5 Å². The van der Waals surface area contributed by atoms with Crippen molar-refractivity contribution in [3.63, 3.8) is 0 Å². The number of benzene rings is 2. The fourth-order valence-electron chi connectivity index (χ4n) is 4.17. The van der Waals surface area contributed by atoms with Crippen molar-refractivity contribution in [1.29, 1.82) is 0 Å². The number of para-hydroxylation sites is 2. The van der Waals surface area contributed by atoms with E-state index >= 15 is 0 Å². The van der Waals surface area contributed by atoms with Gasteiger partial charge in [0.1, 0.15) is 23.6 Å². The summed E-state index contributed by atoms with van der Waals surface area (Å²) in [5.74, 6) is 0.463. The molecule has 0 aliphatic carbocycles. The Morgan fingerprint density at radius 1 is 1.06 bits per heavy atom. The second kappa shape index (κ2) is 10.4. The van der Waals surface area contributed by atoms with E-state index in [0.29, 0.717) is 29.1 Å². The van der Waals surface area contributed by atoms with Crippen LogP contribution in [0.4, 0.5) is 5.69 Å². The molecule has 0 aliphatic rings. The summed E-state index contributed by atoms with van der Waals surface area (Å²) in [5, 5.41) is 11.5. The summed E-state index contributed by atoms with van der Waals surface area (Å²) >= 11 is 0. The molecule has 0 aliphatic heterocycles. The number of carbonyl (C=O) groups excluding carboxylic acids is 2. The van der Waals surface area contributed by atoms with E-state index < -0.39 is 11.6 Å². The zero-order chi connectivity index (χ0) is 25.9. The van der Waals surface area contributed by atoms with E-state index in [1.54, 1.807) is 21.7 Å². The van der Waals surface area contributed by atoms with Crippen LogP contribution in [0.5, 0.6) is 0 Å². The molecule has 4 aromatic rings. The largest absolute Gasteiger partial charge is 0.464 e. The number of hydrogen-bond donors (Lipinski definition) is 1. The SMILES string of the molecule is CCc1ccccc1N(C(=O)Cn1nnc2ccccc21)[C@H](C(=O)NC(C)(C)CC)c1ccc(C)o1. The molecule has 2 heterocycles. The van der Waals surface area contributed by atoms with E-state index in [-0.39, 0.29) is 18.4 Å². The first-order chi connectivity index (χ1) is 17.2. The number of aryl methyl sites for hydroxylation is 2. The standard InChI is InChI=1S/C28H33N5O3/c1-6-20-12-8-10-14-22(20)33(25(34)18-32-23-15-11-9-13-21(23)30-31-32)26(24-17-16-19(3)36-24)27(35)29-28(4,5)7-2/h8-17,26H,6-7,18H2,1-5H3,(H,29,35)/t26-/m0/s1. The second-order valence-electron chi connectivity index (χ2n) is 9.56. The average molecular weight is 488 g/mol. The minimum absolute atomic E-state index is 0.0841. The van der Waals surface area contributed by atoms with Crippen LogP contribution in [0.2, 0.25) is 0 Å². The molecule has 0 unspecified atom stereocenters. The molecule has 0 saturated carbocycles. The van der Waals surface area contributed by atoms with Gasteiger partial charge in [-0.25, -0.2) is 4.68 Å². The minimum atomic E-state index is -1.00. The molecule has 0 saturated heterocycles. The molecule has 2 aromatic heterocycles. The van der Waals surface area contributed by atoms with Crippen molar-refractivity contribution in [2.75, 3.05) is 4.90 Å². The Labute approximate surface area is 211 Å². The summed E-state index contributed by atoms with van der Waals surface area (Å²) in [4.78, 5) is 29.5.